The summed E-state index contributed by atoms with van der Waals surface area (Å²) in [6.45, 7) is 12.7. The van der Waals surface area contributed by atoms with Gasteiger partial charge in [-0.2, -0.15) is 0 Å². The van der Waals surface area contributed by atoms with Gasteiger partial charge in [0.05, 0.1) is 0 Å². The van der Waals surface area contributed by atoms with E-state index >= 15 is 0 Å². The molecule has 3 heteroatoms. The second-order valence-electron chi connectivity index (χ2n) is 11.7. The molecule has 0 fully saturated rings. The molecule has 0 saturated heterocycles. The van der Waals surface area contributed by atoms with Crippen LogP contribution in [0, 0.1) is 18.3 Å². The molecule has 0 spiro atoms. The minimum Gasteiger partial charge on any atom is -0.384 e. The molecule has 3 aliphatic rings. The highest BCUT2D eigenvalue weighted by Crippen LogP contribution is 2.32. The van der Waals surface area contributed by atoms with Crippen LogP contribution in [0.25, 0.3) is 5.57 Å². The summed E-state index contributed by atoms with van der Waals surface area (Å²) in [6, 6.07) is 19.3. The topological polar surface area (TPSA) is 61.9 Å². The molecule has 3 aliphatic carbocycles. The van der Waals surface area contributed by atoms with E-state index in [0.717, 1.165) is 50.3 Å². The molecule has 0 radical (unpaired) electrons. The van der Waals surface area contributed by atoms with Crippen LogP contribution >= 0.6 is 0 Å². The lowest BCUT2D eigenvalue weighted by Crippen LogP contribution is -2.22. The normalized spacial score (nSPS) is 17.2. The van der Waals surface area contributed by atoms with Gasteiger partial charge in [0, 0.05) is 13.1 Å². The van der Waals surface area contributed by atoms with Gasteiger partial charge in [-0.1, -0.05) is 131 Å². The molecule has 232 valence electrons. The second kappa shape index (κ2) is 21.3. The third-order valence-electron chi connectivity index (χ3n) is 7.22. The summed E-state index contributed by atoms with van der Waals surface area (Å²) in [5.74, 6) is 0.951. The molecule has 43 heavy (non-hydrogen) atoms. The molecule has 4 N–H and O–H groups in total. The number of benzene rings is 2. The summed E-state index contributed by atoms with van der Waals surface area (Å²) in [6.07, 6.45) is 24.1. The first-order chi connectivity index (χ1) is 20.9. The number of rotatable bonds is 7. The Kier molecular flexibility index (Phi) is 17.7. The monoisotopic (exact) mass is 579 g/mol. The van der Waals surface area contributed by atoms with Crippen molar-refractivity contribution < 1.29 is 0 Å². The Balaban J connectivity index is 0.000000266. The fourth-order valence-corrected chi connectivity index (χ4v) is 5.14. The van der Waals surface area contributed by atoms with Crippen LogP contribution in [0.4, 0.5) is 0 Å². The van der Waals surface area contributed by atoms with E-state index in [1.54, 1.807) is 0 Å². The molecule has 2 aromatic rings. The van der Waals surface area contributed by atoms with E-state index in [0.29, 0.717) is 0 Å². The minimum absolute atomic E-state index is 0.199. The largest absolute Gasteiger partial charge is 0.384 e. The van der Waals surface area contributed by atoms with Crippen molar-refractivity contribution in [2.24, 2.45) is 11.7 Å². The third-order valence-corrected chi connectivity index (χ3v) is 7.22. The lowest BCUT2D eigenvalue weighted by atomic mass is 9.87. The van der Waals surface area contributed by atoms with Gasteiger partial charge < -0.3 is 11.1 Å². The Morgan fingerprint density at radius 3 is 2.16 bits per heavy atom. The van der Waals surface area contributed by atoms with Crippen LogP contribution in [-0.4, -0.2) is 12.4 Å². The van der Waals surface area contributed by atoms with Gasteiger partial charge in [0.25, 0.3) is 0 Å². The predicted molar refractivity (Wildman–Crippen MR) is 190 cm³/mol. The maximum absolute atomic E-state index is 7.64. The first-order valence-corrected chi connectivity index (χ1v) is 16.6. The number of hydrogen-bond acceptors (Lipinski definition) is 2. The molecular weight excluding hydrogens is 522 g/mol. The molecule has 0 heterocycles. The standard InChI is InChI=1S/C20H22N2.C14H19N.2C3H8/c1-14-5-2-6-15(11-14)16-7-3-8-17(12-16)18-9-4-10-19(13-18)20(21)22;1-3-7-13(8-4-1)11-15-12-14-9-5-2-6-10-14;2*1-3-2/h2,5-6,8-9,11-13H,3-4,7,10H2,1H3,(H3,21,22);1,3-5,7-9,14-15H,2,6,10-12H2;2*3H2,1-2H3. The van der Waals surface area contributed by atoms with Gasteiger partial charge in [0.2, 0.25) is 0 Å². The average Bonchev–Trinajstić information content (AvgIpc) is 3.03. The smallest absolute Gasteiger partial charge is 0.118 e. The molecule has 1 atom stereocenters. The van der Waals surface area contributed by atoms with E-state index in [4.69, 9.17) is 11.1 Å². The Morgan fingerprint density at radius 2 is 1.53 bits per heavy atom. The van der Waals surface area contributed by atoms with Gasteiger partial charge in [-0.15, -0.1) is 0 Å². The van der Waals surface area contributed by atoms with Crippen LogP contribution < -0.4 is 11.1 Å². The molecule has 1 unspecified atom stereocenters. The van der Waals surface area contributed by atoms with E-state index < -0.39 is 0 Å². The van der Waals surface area contributed by atoms with Gasteiger partial charge in [-0.3, -0.25) is 5.41 Å². The zero-order valence-corrected chi connectivity index (χ0v) is 27.6. The molecule has 0 amide bonds. The van der Waals surface area contributed by atoms with Crippen molar-refractivity contribution in [3.63, 3.8) is 0 Å². The van der Waals surface area contributed by atoms with Crippen molar-refractivity contribution in [1.82, 2.24) is 5.32 Å². The lowest BCUT2D eigenvalue weighted by Gasteiger charge is -2.18. The van der Waals surface area contributed by atoms with Gasteiger partial charge in [0.15, 0.2) is 0 Å². The van der Waals surface area contributed by atoms with Crippen molar-refractivity contribution in [2.45, 2.75) is 99.0 Å². The van der Waals surface area contributed by atoms with Crippen LogP contribution in [0.5, 0.6) is 0 Å². The number of hydrogen-bond donors (Lipinski definition) is 3. The number of nitrogens with two attached hydrogens (primary N) is 1. The first-order valence-electron chi connectivity index (χ1n) is 16.6. The lowest BCUT2D eigenvalue weighted by molar-refractivity contribution is 0.493. The number of nitrogens with one attached hydrogen (secondary N) is 2. The molecule has 0 saturated carbocycles. The predicted octanol–water partition coefficient (Wildman–Crippen LogP) is 10.6. The van der Waals surface area contributed by atoms with E-state index in [9.17, 15) is 0 Å². The van der Waals surface area contributed by atoms with Crippen LogP contribution in [0.15, 0.2) is 108 Å². The first kappa shape index (κ1) is 35.8. The van der Waals surface area contributed by atoms with Crippen LogP contribution in [0.3, 0.4) is 0 Å². The fraction of sp³-hybridized carbons (Fsp3) is 0.425. The second-order valence-corrected chi connectivity index (χ2v) is 11.7. The maximum atomic E-state index is 7.64. The Morgan fingerprint density at radius 1 is 0.860 bits per heavy atom. The van der Waals surface area contributed by atoms with Gasteiger partial charge >= 0.3 is 0 Å². The number of aryl methyl sites for hydroxylation is 1. The molecule has 0 aliphatic heterocycles. The highest BCUT2D eigenvalue weighted by Gasteiger charge is 2.14. The van der Waals surface area contributed by atoms with Crippen molar-refractivity contribution in [3.8, 4) is 0 Å². The SMILES string of the molecule is C1=CC(CNCc2ccccc2)CCC1.CCC.CCC.Cc1cccc(C2=CC(C3=CCCC(C(=N)N)=C3)=CCC2)c1. The number of amidine groups is 1. The highest BCUT2D eigenvalue weighted by atomic mass is 14.9. The third kappa shape index (κ3) is 14.1. The zero-order valence-electron chi connectivity index (χ0n) is 27.6. The zero-order chi connectivity index (χ0) is 31.3. The molecule has 5 rings (SSSR count). The molecule has 0 bridgehead atoms. The van der Waals surface area contributed by atoms with Gasteiger partial charge in [0.1, 0.15) is 5.84 Å². The molecular formula is C40H57N3. The molecule has 2 aromatic carbocycles. The quantitative estimate of drug-likeness (QED) is 0.174. The Labute approximate surface area is 263 Å². The summed E-state index contributed by atoms with van der Waals surface area (Å²) < 4.78 is 0. The van der Waals surface area contributed by atoms with E-state index in [1.807, 2.05) is 0 Å². The molecule has 0 aromatic heterocycles. The van der Waals surface area contributed by atoms with E-state index in [2.05, 4.69) is 131 Å². The minimum atomic E-state index is 0.199. The van der Waals surface area contributed by atoms with E-state index in [1.165, 1.54) is 65.5 Å². The van der Waals surface area contributed by atoms with Gasteiger partial charge in [-0.05, 0) is 97.3 Å². The van der Waals surface area contributed by atoms with Crippen LogP contribution in [0.1, 0.15) is 102 Å². The van der Waals surface area contributed by atoms with Crippen LogP contribution in [0.2, 0.25) is 0 Å². The van der Waals surface area contributed by atoms with Crippen molar-refractivity contribution >= 4 is 11.4 Å². The summed E-state index contributed by atoms with van der Waals surface area (Å²) in [4.78, 5) is 0. The Bertz CT molecular complexity index is 1240. The highest BCUT2D eigenvalue weighted by molar-refractivity contribution is 5.95. The fourth-order valence-electron chi connectivity index (χ4n) is 5.14. The van der Waals surface area contributed by atoms with Crippen LogP contribution in [-0.2, 0) is 6.54 Å². The summed E-state index contributed by atoms with van der Waals surface area (Å²) in [5.41, 5.74) is 14.5. The Hall–Kier alpha value is -3.43. The number of allylic oxidation sites excluding steroid dienone is 8. The summed E-state index contributed by atoms with van der Waals surface area (Å²) in [7, 11) is 0. The summed E-state index contributed by atoms with van der Waals surface area (Å²) >= 11 is 0. The van der Waals surface area contributed by atoms with Crippen molar-refractivity contribution in [3.05, 3.63) is 124 Å². The van der Waals surface area contributed by atoms with Gasteiger partial charge in [-0.25, -0.2) is 0 Å². The maximum Gasteiger partial charge on any atom is 0.118 e. The van der Waals surface area contributed by atoms with E-state index in [-0.39, 0.29) is 5.84 Å². The van der Waals surface area contributed by atoms with Crippen molar-refractivity contribution in [1.29, 1.82) is 5.41 Å². The molecule has 3 nitrogen and oxygen atoms in total. The average molecular weight is 580 g/mol. The van der Waals surface area contributed by atoms with Crippen molar-refractivity contribution in [2.75, 3.05) is 6.54 Å². The summed E-state index contributed by atoms with van der Waals surface area (Å²) in [5, 5.41) is 11.2.